The Balaban J connectivity index is 2.54. The largest absolute Gasteiger partial charge is 0.493 e. The maximum atomic E-state index is 11.4. The molecule has 1 aromatic carbocycles. The fourth-order valence-corrected chi connectivity index (χ4v) is 1.45. The highest BCUT2D eigenvalue weighted by atomic mass is 16.5. The molecule has 0 radical (unpaired) electrons. The SMILES string of the molecule is COC(=O)C(C)(N)CCOc1ccccc1OC. The van der Waals surface area contributed by atoms with E-state index in [-0.39, 0.29) is 0 Å². The van der Waals surface area contributed by atoms with Gasteiger partial charge >= 0.3 is 5.97 Å². The number of carbonyl (C=O) groups excluding carboxylic acids is 1. The molecular weight excluding hydrogens is 234 g/mol. The van der Waals surface area contributed by atoms with E-state index in [0.29, 0.717) is 24.5 Å². The highest BCUT2D eigenvalue weighted by Gasteiger charge is 2.29. The molecule has 1 atom stereocenters. The number of hydrogen-bond acceptors (Lipinski definition) is 5. The van der Waals surface area contributed by atoms with Crippen molar-refractivity contribution in [3.63, 3.8) is 0 Å². The van der Waals surface area contributed by atoms with Gasteiger partial charge in [0.05, 0.1) is 20.8 Å². The summed E-state index contributed by atoms with van der Waals surface area (Å²) in [5.74, 6) is 0.820. The van der Waals surface area contributed by atoms with Crippen LogP contribution in [-0.2, 0) is 9.53 Å². The number of para-hydroxylation sites is 2. The highest BCUT2D eigenvalue weighted by Crippen LogP contribution is 2.26. The normalized spacial score (nSPS) is 13.6. The summed E-state index contributed by atoms with van der Waals surface area (Å²) in [4.78, 5) is 11.4. The standard InChI is InChI=1S/C13H19NO4/c1-13(14,12(15)17-3)8-9-18-11-7-5-4-6-10(11)16-2/h4-7H,8-9,14H2,1-3H3. The number of rotatable bonds is 6. The molecule has 0 saturated carbocycles. The first-order valence-corrected chi connectivity index (χ1v) is 5.64. The number of benzene rings is 1. The van der Waals surface area contributed by atoms with Crippen LogP contribution in [0.15, 0.2) is 24.3 Å². The third kappa shape index (κ3) is 3.63. The van der Waals surface area contributed by atoms with Gasteiger partial charge in [0, 0.05) is 6.42 Å². The van der Waals surface area contributed by atoms with Gasteiger partial charge in [-0.3, -0.25) is 4.79 Å². The van der Waals surface area contributed by atoms with Crippen molar-refractivity contribution in [1.29, 1.82) is 0 Å². The fourth-order valence-electron chi connectivity index (χ4n) is 1.45. The summed E-state index contributed by atoms with van der Waals surface area (Å²) >= 11 is 0. The molecule has 5 heteroatoms. The van der Waals surface area contributed by atoms with E-state index >= 15 is 0 Å². The second kappa shape index (κ2) is 6.26. The van der Waals surface area contributed by atoms with E-state index in [1.807, 2.05) is 12.1 Å². The minimum absolute atomic E-state index is 0.308. The van der Waals surface area contributed by atoms with Crippen LogP contribution in [0.1, 0.15) is 13.3 Å². The summed E-state index contributed by atoms with van der Waals surface area (Å²) in [6.07, 6.45) is 0.359. The van der Waals surface area contributed by atoms with Crippen molar-refractivity contribution < 1.29 is 19.0 Å². The van der Waals surface area contributed by atoms with Gasteiger partial charge in [0.1, 0.15) is 5.54 Å². The van der Waals surface area contributed by atoms with E-state index < -0.39 is 11.5 Å². The molecule has 18 heavy (non-hydrogen) atoms. The number of hydrogen-bond donors (Lipinski definition) is 1. The molecule has 0 aliphatic heterocycles. The maximum Gasteiger partial charge on any atom is 0.325 e. The zero-order valence-electron chi connectivity index (χ0n) is 10.9. The third-order valence-corrected chi connectivity index (χ3v) is 2.60. The molecule has 1 unspecified atom stereocenters. The van der Waals surface area contributed by atoms with Gasteiger partial charge in [-0.05, 0) is 19.1 Å². The molecule has 1 rings (SSSR count). The molecule has 0 aliphatic rings. The van der Waals surface area contributed by atoms with Crippen molar-refractivity contribution in [2.24, 2.45) is 5.73 Å². The van der Waals surface area contributed by atoms with Crippen molar-refractivity contribution in [3.05, 3.63) is 24.3 Å². The molecule has 5 nitrogen and oxygen atoms in total. The van der Waals surface area contributed by atoms with E-state index in [1.165, 1.54) is 7.11 Å². The molecule has 0 amide bonds. The second-order valence-corrected chi connectivity index (χ2v) is 4.16. The van der Waals surface area contributed by atoms with Crippen LogP contribution in [0.25, 0.3) is 0 Å². The van der Waals surface area contributed by atoms with E-state index in [9.17, 15) is 4.79 Å². The van der Waals surface area contributed by atoms with Crippen molar-refractivity contribution >= 4 is 5.97 Å². The predicted molar refractivity (Wildman–Crippen MR) is 67.7 cm³/mol. The molecule has 0 saturated heterocycles. The van der Waals surface area contributed by atoms with Crippen LogP contribution in [0.5, 0.6) is 11.5 Å². The molecule has 0 fully saturated rings. The van der Waals surface area contributed by atoms with E-state index in [1.54, 1.807) is 26.2 Å². The van der Waals surface area contributed by atoms with Gasteiger partial charge in [-0.25, -0.2) is 0 Å². The van der Waals surface area contributed by atoms with Crippen molar-refractivity contribution in [1.82, 2.24) is 0 Å². The Kier molecular flexibility index (Phi) is 4.97. The lowest BCUT2D eigenvalue weighted by atomic mass is 10.0. The van der Waals surface area contributed by atoms with Gasteiger partial charge in [-0.15, -0.1) is 0 Å². The minimum Gasteiger partial charge on any atom is -0.493 e. The molecule has 0 aromatic heterocycles. The average molecular weight is 253 g/mol. The van der Waals surface area contributed by atoms with Gasteiger partial charge in [0.15, 0.2) is 11.5 Å². The Morgan fingerprint density at radius 1 is 1.28 bits per heavy atom. The van der Waals surface area contributed by atoms with Crippen LogP contribution >= 0.6 is 0 Å². The summed E-state index contributed by atoms with van der Waals surface area (Å²) in [5.41, 5.74) is 4.77. The summed E-state index contributed by atoms with van der Waals surface area (Å²) in [6.45, 7) is 1.92. The lowest BCUT2D eigenvalue weighted by Gasteiger charge is -2.21. The maximum absolute atomic E-state index is 11.4. The molecule has 0 spiro atoms. The molecule has 0 heterocycles. The Morgan fingerprint density at radius 2 is 1.89 bits per heavy atom. The van der Waals surface area contributed by atoms with Gasteiger partial charge in [0.2, 0.25) is 0 Å². The lowest BCUT2D eigenvalue weighted by molar-refractivity contribution is -0.146. The molecule has 0 bridgehead atoms. The van der Waals surface area contributed by atoms with Gasteiger partial charge < -0.3 is 19.9 Å². The Hall–Kier alpha value is -1.75. The number of nitrogens with two attached hydrogens (primary N) is 1. The lowest BCUT2D eigenvalue weighted by Crippen LogP contribution is -2.46. The summed E-state index contributed by atoms with van der Waals surface area (Å²) in [6, 6.07) is 7.30. The van der Waals surface area contributed by atoms with Gasteiger partial charge in [-0.2, -0.15) is 0 Å². The number of carbonyl (C=O) groups is 1. The van der Waals surface area contributed by atoms with Crippen LogP contribution in [0.3, 0.4) is 0 Å². The quantitative estimate of drug-likeness (QED) is 0.775. The molecule has 2 N–H and O–H groups in total. The van der Waals surface area contributed by atoms with Crippen LogP contribution < -0.4 is 15.2 Å². The molecule has 100 valence electrons. The van der Waals surface area contributed by atoms with Gasteiger partial charge in [0.25, 0.3) is 0 Å². The first kappa shape index (κ1) is 14.3. The van der Waals surface area contributed by atoms with Crippen LogP contribution in [0.2, 0.25) is 0 Å². The number of ether oxygens (including phenoxy) is 3. The van der Waals surface area contributed by atoms with Crippen molar-refractivity contribution in [2.75, 3.05) is 20.8 Å². The van der Waals surface area contributed by atoms with Crippen LogP contribution in [-0.4, -0.2) is 32.3 Å². The number of methoxy groups -OCH3 is 2. The molecular formula is C13H19NO4. The zero-order chi connectivity index (χ0) is 13.6. The topological polar surface area (TPSA) is 70.8 Å². The molecule has 1 aromatic rings. The first-order chi connectivity index (χ1) is 8.51. The molecule has 0 aliphatic carbocycles. The predicted octanol–water partition coefficient (Wildman–Crippen LogP) is 1.35. The first-order valence-electron chi connectivity index (χ1n) is 5.64. The van der Waals surface area contributed by atoms with Crippen molar-refractivity contribution in [3.8, 4) is 11.5 Å². The second-order valence-electron chi connectivity index (χ2n) is 4.16. The van der Waals surface area contributed by atoms with Crippen LogP contribution in [0, 0.1) is 0 Å². The summed E-state index contributed by atoms with van der Waals surface area (Å²) < 4.78 is 15.3. The van der Waals surface area contributed by atoms with E-state index in [4.69, 9.17) is 15.2 Å². The third-order valence-electron chi connectivity index (χ3n) is 2.60. The smallest absolute Gasteiger partial charge is 0.325 e. The number of esters is 1. The van der Waals surface area contributed by atoms with E-state index in [2.05, 4.69) is 4.74 Å². The Bertz CT molecular complexity index is 404. The van der Waals surface area contributed by atoms with Gasteiger partial charge in [-0.1, -0.05) is 12.1 Å². The monoisotopic (exact) mass is 253 g/mol. The van der Waals surface area contributed by atoms with Crippen molar-refractivity contribution in [2.45, 2.75) is 18.9 Å². The zero-order valence-corrected chi connectivity index (χ0v) is 10.9. The highest BCUT2D eigenvalue weighted by molar-refractivity contribution is 5.79. The average Bonchev–Trinajstić information content (AvgIpc) is 2.38. The minimum atomic E-state index is -1.04. The fraction of sp³-hybridized carbons (Fsp3) is 0.462. The summed E-state index contributed by atoms with van der Waals surface area (Å²) in [5, 5.41) is 0. The Morgan fingerprint density at radius 3 is 2.44 bits per heavy atom. The van der Waals surface area contributed by atoms with E-state index in [0.717, 1.165) is 0 Å². The van der Waals surface area contributed by atoms with Crippen LogP contribution in [0.4, 0.5) is 0 Å². The summed E-state index contributed by atoms with van der Waals surface area (Å²) in [7, 11) is 2.89. The Labute approximate surface area is 107 Å².